The zero-order valence-electron chi connectivity index (χ0n) is 17.2. The van der Waals surface area contributed by atoms with Gasteiger partial charge in [-0.25, -0.2) is 8.42 Å². The third-order valence-corrected chi connectivity index (χ3v) is 6.51. The van der Waals surface area contributed by atoms with Crippen LogP contribution in [0.4, 0.5) is 5.69 Å². The Morgan fingerprint density at radius 1 is 1.16 bits per heavy atom. The van der Waals surface area contributed by atoms with Crippen LogP contribution in [0.15, 0.2) is 70.2 Å². The van der Waals surface area contributed by atoms with Crippen LogP contribution in [0.25, 0.3) is 0 Å². The van der Waals surface area contributed by atoms with Crippen molar-refractivity contribution in [1.82, 2.24) is 4.31 Å². The lowest BCUT2D eigenvalue weighted by atomic mass is 10.2. The molecular weight excluding hydrogens is 440 g/mol. The molecule has 9 heteroatoms. The third kappa shape index (κ3) is 5.88. The second-order valence-electron chi connectivity index (χ2n) is 6.76. The number of nitrogens with one attached hydrogen (secondary N) is 1. The summed E-state index contributed by atoms with van der Waals surface area (Å²) in [6.45, 7) is 3.64. The lowest BCUT2D eigenvalue weighted by Gasteiger charge is -2.21. The molecule has 0 aliphatic heterocycles. The zero-order valence-corrected chi connectivity index (χ0v) is 18.7. The number of ether oxygens (including phenoxy) is 1. The highest BCUT2D eigenvalue weighted by atomic mass is 35.5. The first-order chi connectivity index (χ1) is 14.8. The van der Waals surface area contributed by atoms with E-state index in [1.54, 1.807) is 49.4 Å². The predicted octanol–water partition coefficient (Wildman–Crippen LogP) is 4.47. The molecular formula is C22H23ClN2O5S. The molecule has 0 aliphatic carbocycles. The summed E-state index contributed by atoms with van der Waals surface area (Å²) in [5.74, 6) is 0.506. The van der Waals surface area contributed by atoms with Crippen LogP contribution in [0.1, 0.15) is 18.2 Å². The molecule has 1 amide bonds. The third-order valence-electron chi connectivity index (χ3n) is 4.47. The number of rotatable bonds is 9. The van der Waals surface area contributed by atoms with Crippen molar-refractivity contribution in [2.75, 3.05) is 18.5 Å². The minimum Gasteiger partial charge on any atom is -0.494 e. The number of nitrogens with zero attached hydrogens (tertiary/aromatic N) is 1. The Bertz CT molecular complexity index is 1130. The van der Waals surface area contributed by atoms with Crippen molar-refractivity contribution in [3.05, 3.63) is 77.2 Å². The number of sulfonamides is 1. The quantitative estimate of drug-likeness (QED) is 0.506. The van der Waals surface area contributed by atoms with Gasteiger partial charge in [0, 0.05) is 10.7 Å². The first-order valence-corrected chi connectivity index (χ1v) is 11.4. The summed E-state index contributed by atoms with van der Waals surface area (Å²) < 4.78 is 38.3. The van der Waals surface area contributed by atoms with Gasteiger partial charge in [-0.2, -0.15) is 4.31 Å². The monoisotopic (exact) mass is 462 g/mol. The van der Waals surface area contributed by atoms with Crippen LogP contribution in [0.3, 0.4) is 0 Å². The molecule has 0 bridgehead atoms. The van der Waals surface area contributed by atoms with Crippen molar-refractivity contribution in [2.24, 2.45) is 0 Å². The largest absolute Gasteiger partial charge is 0.494 e. The number of benzene rings is 2. The van der Waals surface area contributed by atoms with E-state index in [1.807, 2.05) is 6.92 Å². The summed E-state index contributed by atoms with van der Waals surface area (Å²) in [5, 5.41) is 3.29. The number of anilines is 1. The number of amides is 1. The molecule has 0 spiro atoms. The molecule has 0 aliphatic rings. The van der Waals surface area contributed by atoms with Crippen molar-refractivity contribution in [2.45, 2.75) is 25.3 Å². The molecule has 0 saturated carbocycles. The van der Waals surface area contributed by atoms with Gasteiger partial charge in [-0.1, -0.05) is 11.6 Å². The number of carbonyl (C=O) groups excluding carboxylic acids is 1. The van der Waals surface area contributed by atoms with Crippen LogP contribution < -0.4 is 10.1 Å². The Morgan fingerprint density at radius 3 is 2.52 bits per heavy atom. The molecule has 1 aromatic heterocycles. The van der Waals surface area contributed by atoms with Crippen molar-refractivity contribution >= 4 is 33.2 Å². The van der Waals surface area contributed by atoms with Gasteiger partial charge in [0.15, 0.2) is 0 Å². The molecule has 0 atom stereocenters. The Kier molecular flexibility index (Phi) is 7.37. The van der Waals surface area contributed by atoms with Crippen LogP contribution in [-0.4, -0.2) is 31.8 Å². The number of furan rings is 1. The number of carbonyl (C=O) groups is 1. The van der Waals surface area contributed by atoms with Gasteiger partial charge in [0.25, 0.3) is 0 Å². The van der Waals surface area contributed by atoms with Gasteiger partial charge < -0.3 is 14.5 Å². The molecule has 0 saturated heterocycles. The highest BCUT2D eigenvalue weighted by Crippen LogP contribution is 2.23. The lowest BCUT2D eigenvalue weighted by molar-refractivity contribution is -0.116. The number of halogens is 1. The van der Waals surface area contributed by atoms with E-state index in [2.05, 4.69) is 5.32 Å². The van der Waals surface area contributed by atoms with Crippen LogP contribution in [0.5, 0.6) is 5.75 Å². The minimum atomic E-state index is -3.98. The Labute approximate surface area is 186 Å². The van der Waals surface area contributed by atoms with E-state index in [9.17, 15) is 13.2 Å². The van der Waals surface area contributed by atoms with Gasteiger partial charge in [0.2, 0.25) is 15.9 Å². The van der Waals surface area contributed by atoms with Gasteiger partial charge in [-0.15, -0.1) is 0 Å². The van der Waals surface area contributed by atoms with Gasteiger partial charge in [-0.05, 0) is 74.0 Å². The fourth-order valence-electron chi connectivity index (χ4n) is 2.94. The van der Waals surface area contributed by atoms with Crippen LogP contribution in [-0.2, 0) is 21.4 Å². The Morgan fingerprint density at radius 2 is 1.90 bits per heavy atom. The fraction of sp³-hybridized carbons (Fsp3) is 0.227. The van der Waals surface area contributed by atoms with Gasteiger partial charge >= 0.3 is 0 Å². The topological polar surface area (TPSA) is 88.9 Å². The van der Waals surface area contributed by atoms with Crippen molar-refractivity contribution in [1.29, 1.82) is 0 Å². The van der Waals surface area contributed by atoms with Crippen LogP contribution in [0, 0.1) is 6.92 Å². The molecule has 0 fully saturated rings. The molecule has 2 aromatic carbocycles. The second kappa shape index (κ2) is 10.00. The van der Waals surface area contributed by atoms with E-state index in [0.29, 0.717) is 28.8 Å². The molecule has 7 nitrogen and oxygen atoms in total. The van der Waals surface area contributed by atoms with Gasteiger partial charge in [0.05, 0.1) is 30.9 Å². The van der Waals surface area contributed by atoms with Crippen molar-refractivity contribution < 1.29 is 22.4 Å². The van der Waals surface area contributed by atoms with E-state index in [4.69, 9.17) is 20.8 Å². The van der Waals surface area contributed by atoms with Crippen molar-refractivity contribution in [3.63, 3.8) is 0 Å². The van der Waals surface area contributed by atoms with Gasteiger partial charge in [-0.3, -0.25) is 4.79 Å². The maximum atomic E-state index is 13.3. The van der Waals surface area contributed by atoms with Crippen LogP contribution >= 0.6 is 11.6 Å². The van der Waals surface area contributed by atoms with Gasteiger partial charge in [0.1, 0.15) is 11.5 Å². The summed E-state index contributed by atoms with van der Waals surface area (Å²) in [6, 6.07) is 14.4. The average Bonchev–Trinajstić information content (AvgIpc) is 3.23. The molecule has 1 heterocycles. The summed E-state index contributed by atoms with van der Waals surface area (Å²) in [4.78, 5) is 12.8. The normalized spacial score (nSPS) is 11.5. The number of aryl methyl sites for hydroxylation is 1. The predicted molar refractivity (Wildman–Crippen MR) is 119 cm³/mol. The van der Waals surface area contributed by atoms with E-state index >= 15 is 0 Å². The molecule has 0 radical (unpaired) electrons. The average molecular weight is 463 g/mol. The summed E-state index contributed by atoms with van der Waals surface area (Å²) >= 11 is 5.96. The van der Waals surface area contributed by atoms with E-state index in [1.165, 1.54) is 18.4 Å². The summed E-state index contributed by atoms with van der Waals surface area (Å²) in [5.41, 5.74) is 1.33. The highest BCUT2D eigenvalue weighted by Gasteiger charge is 2.28. The zero-order chi connectivity index (χ0) is 22.4. The second-order valence-corrected chi connectivity index (χ2v) is 9.14. The SMILES string of the molecule is CCOc1ccc(S(=O)(=O)N(CC(=O)Nc2ccc(Cl)cc2C)Cc2ccco2)cc1. The first kappa shape index (κ1) is 22.9. The molecule has 1 N–H and O–H groups in total. The molecule has 0 unspecified atom stereocenters. The summed E-state index contributed by atoms with van der Waals surface area (Å²) in [6.07, 6.45) is 1.45. The van der Waals surface area contributed by atoms with E-state index < -0.39 is 22.5 Å². The highest BCUT2D eigenvalue weighted by molar-refractivity contribution is 7.89. The van der Waals surface area contributed by atoms with Crippen molar-refractivity contribution in [3.8, 4) is 5.75 Å². The Balaban J connectivity index is 1.83. The van der Waals surface area contributed by atoms with E-state index in [0.717, 1.165) is 9.87 Å². The van der Waals surface area contributed by atoms with Crippen LogP contribution in [0.2, 0.25) is 5.02 Å². The van der Waals surface area contributed by atoms with E-state index in [-0.39, 0.29) is 11.4 Å². The molecule has 31 heavy (non-hydrogen) atoms. The standard InChI is InChI=1S/C22H23ClN2O5S/c1-3-29-18-7-9-20(10-8-18)31(27,28)25(14-19-5-4-12-30-19)15-22(26)24-21-11-6-17(23)13-16(21)2/h4-13H,3,14-15H2,1-2H3,(H,24,26). The lowest BCUT2D eigenvalue weighted by Crippen LogP contribution is -2.37. The molecule has 3 aromatic rings. The maximum absolute atomic E-state index is 13.3. The summed E-state index contributed by atoms with van der Waals surface area (Å²) in [7, 11) is -3.98. The smallest absolute Gasteiger partial charge is 0.243 e. The number of hydrogen-bond acceptors (Lipinski definition) is 5. The molecule has 3 rings (SSSR count). The molecule has 164 valence electrons. The minimum absolute atomic E-state index is 0.0537. The first-order valence-electron chi connectivity index (χ1n) is 9.61. The maximum Gasteiger partial charge on any atom is 0.243 e. The fourth-order valence-corrected chi connectivity index (χ4v) is 4.53. The number of hydrogen-bond donors (Lipinski definition) is 1. The Hall–Kier alpha value is -2.81.